The first-order chi connectivity index (χ1) is 22.3. The van der Waals surface area contributed by atoms with Crippen molar-refractivity contribution in [3.8, 4) is 5.75 Å². The van der Waals surface area contributed by atoms with Crippen LogP contribution in [0.4, 0.5) is 5.69 Å². The molecule has 2 heterocycles. The average molecular weight is 651 g/mol. The average Bonchev–Trinajstić information content (AvgIpc) is 3.89. The fourth-order valence-corrected chi connectivity index (χ4v) is 7.79. The van der Waals surface area contributed by atoms with Gasteiger partial charge >= 0.3 is 0 Å². The van der Waals surface area contributed by atoms with Crippen molar-refractivity contribution in [2.45, 2.75) is 62.4 Å². The Labute approximate surface area is 273 Å². The molecule has 0 spiro atoms. The maximum atomic E-state index is 13.7. The lowest BCUT2D eigenvalue weighted by atomic mass is 9.85. The summed E-state index contributed by atoms with van der Waals surface area (Å²) in [7, 11) is -2.13. The molecule has 3 aliphatic rings. The Bertz CT molecular complexity index is 1540. The summed E-state index contributed by atoms with van der Waals surface area (Å²) in [6, 6.07) is 21.0. The first-order valence-electron chi connectivity index (χ1n) is 16.3. The Hall–Kier alpha value is -2.99. The molecule has 46 heavy (non-hydrogen) atoms. The highest BCUT2D eigenvalue weighted by atomic mass is 32.2. The van der Waals surface area contributed by atoms with Crippen molar-refractivity contribution in [1.29, 1.82) is 0 Å². The molecule has 6 rings (SSSR count). The van der Waals surface area contributed by atoms with E-state index in [1.807, 2.05) is 43.3 Å². The maximum Gasteiger partial charge on any atom is 0.243 e. The quantitative estimate of drug-likeness (QED) is 0.247. The summed E-state index contributed by atoms with van der Waals surface area (Å²) in [6.45, 7) is 6.63. The smallest absolute Gasteiger partial charge is 0.243 e. The van der Waals surface area contributed by atoms with Gasteiger partial charge < -0.3 is 29.0 Å². The summed E-state index contributed by atoms with van der Waals surface area (Å²) in [6.07, 6.45) is 1.88. The Morgan fingerprint density at radius 1 is 0.957 bits per heavy atom. The van der Waals surface area contributed by atoms with E-state index >= 15 is 0 Å². The van der Waals surface area contributed by atoms with Crippen molar-refractivity contribution < 1.29 is 32.5 Å². The summed E-state index contributed by atoms with van der Waals surface area (Å²) in [5, 5.41) is 11.5. The first-order valence-corrected chi connectivity index (χ1v) is 17.8. The number of aliphatic hydroxyl groups excluding tert-OH is 1. The number of methoxy groups -OCH3 is 1. The lowest BCUT2D eigenvalue weighted by Crippen LogP contribution is -2.53. The summed E-state index contributed by atoms with van der Waals surface area (Å²) >= 11 is 0. The van der Waals surface area contributed by atoms with E-state index in [1.165, 1.54) is 17.1 Å². The predicted molar refractivity (Wildman–Crippen MR) is 177 cm³/mol. The Kier molecular flexibility index (Phi) is 10.6. The number of aliphatic hydroxyl groups is 1. The molecule has 2 aliphatic heterocycles. The molecule has 2 fully saturated rings. The fourth-order valence-electron chi connectivity index (χ4n) is 6.31. The van der Waals surface area contributed by atoms with Crippen LogP contribution in [-0.2, 0) is 37.4 Å². The minimum Gasteiger partial charge on any atom is -0.490 e. The highest BCUT2D eigenvalue weighted by molar-refractivity contribution is 7.89. The predicted octanol–water partition coefficient (Wildman–Crippen LogP) is 4.89. The molecular weight excluding hydrogens is 604 g/mol. The molecule has 248 valence electrons. The molecule has 1 N–H and O–H groups in total. The minimum absolute atomic E-state index is 0.0143. The van der Waals surface area contributed by atoms with Crippen LogP contribution in [0.2, 0.25) is 0 Å². The number of fused-ring (bicyclic) bond motifs is 1. The third-order valence-corrected chi connectivity index (χ3v) is 11.0. The van der Waals surface area contributed by atoms with Crippen molar-refractivity contribution in [3.63, 3.8) is 0 Å². The SMILES string of the molecule is COCCCN1CCOc2ccc(CO[C@H]3CN(S(=O)(=O)c4ccc(C)cc4)C[C@@H](O)[C@@H]3c3ccc(COCC4CC4)cc3)cc21. The summed E-state index contributed by atoms with van der Waals surface area (Å²) < 4.78 is 52.4. The van der Waals surface area contributed by atoms with E-state index in [0.29, 0.717) is 25.7 Å². The van der Waals surface area contributed by atoms with Crippen molar-refractivity contribution in [1.82, 2.24) is 4.31 Å². The molecule has 0 amide bonds. The van der Waals surface area contributed by atoms with E-state index in [1.54, 1.807) is 31.4 Å². The largest absolute Gasteiger partial charge is 0.490 e. The van der Waals surface area contributed by atoms with Crippen molar-refractivity contribution >= 4 is 15.7 Å². The van der Waals surface area contributed by atoms with Gasteiger partial charge in [-0.3, -0.25) is 0 Å². The molecule has 1 saturated carbocycles. The second-order valence-corrected chi connectivity index (χ2v) is 14.7. The van der Waals surface area contributed by atoms with Crippen LogP contribution in [0, 0.1) is 12.8 Å². The van der Waals surface area contributed by atoms with Gasteiger partial charge in [0.05, 0.1) is 42.5 Å². The third-order valence-electron chi connectivity index (χ3n) is 9.16. The van der Waals surface area contributed by atoms with Crippen LogP contribution in [0.3, 0.4) is 0 Å². The van der Waals surface area contributed by atoms with Crippen LogP contribution in [0.15, 0.2) is 71.6 Å². The van der Waals surface area contributed by atoms with Crippen molar-refractivity contribution in [3.05, 3.63) is 89.0 Å². The Morgan fingerprint density at radius 3 is 2.46 bits per heavy atom. The van der Waals surface area contributed by atoms with E-state index in [4.69, 9.17) is 18.9 Å². The van der Waals surface area contributed by atoms with Crippen LogP contribution in [0.25, 0.3) is 0 Å². The molecule has 10 heteroatoms. The van der Waals surface area contributed by atoms with Gasteiger partial charge in [-0.2, -0.15) is 4.31 Å². The van der Waals surface area contributed by atoms with Gasteiger partial charge in [0.15, 0.2) is 0 Å². The lowest BCUT2D eigenvalue weighted by Gasteiger charge is -2.41. The second kappa shape index (κ2) is 14.8. The lowest BCUT2D eigenvalue weighted by molar-refractivity contribution is -0.0534. The van der Waals surface area contributed by atoms with Gasteiger partial charge in [-0.15, -0.1) is 0 Å². The number of sulfonamides is 1. The van der Waals surface area contributed by atoms with Crippen LogP contribution < -0.4 is 9.64 Å². The molecule has 3 aromatic carbocycles. The Morgan fingerprint density at radius 2 is 1.72 bits per heavy atom. The number of nitrogens with zero attached hydrogens (tertiary/aromatic N) is 2. The standard InChI is InChI=1S/C36H46N2O7S/c1-26-4-13-31(14-5-26)46(40,41)38-21-33(39)36(30-11-8-28(9-12-30)24-43-23-27-6-7-27)35(22-38)45-25-29-10-15-34-32(20-29)37(17-19-44-34)16-3-18-42-2/h4-5,8-15,20,27,33,35-36,39H,3,6-7,16-19,21-25H2,1-2H3/t33-,35+,36+/m1/s1. The van der Waals surface area contributed by atoms with E-state index in [9.17, 15) is 13.5 Å². The third kappa shape index (κ3) is 7.93. The number of benzene rings is 3. The van der Waals surface area contributed by atoms with Gasteiger partial charge in [0.1, 0.15) is 12.4 Å². The molecule has 0 unspecified atom stereocenters. The minimum atomic E-state index is -3.84. The van der Waals surface area contributed by atoms with Crippen LogP contribution >= 0.6 is 0 Å². The molecule has 9 nitrogen and oxygen atoms in total. The molecule has 3 atom stereocenters. The number of aryl methyl sites for hydroxylation is 1. The van der Waals surface area contributed by atoms with Crippen LogP contribution in [-0.4, -0.2) is 83.1 Å². The molecule has 3 aromatic rings. The van der Waals surface area contributed by atoms with Gasteiger partial charge in [-0.25, -0.2) is 8.42 Å². The van der Waals surface area contributed by atoms with Crippen LogP contribution in [0.5, 0.6) is 5.75 Å². The molecule has 0 bridgehead atoms. The van der Waals surface area contributed by atoms with Crippen LogP contribution in [0.1, 0.15) is 47.4 Å². The number of hydrogen-bond acceptors (Lipinski definition) is 8. The molecule has 1 aliphatic carbocycles. The highest BCUT2D eigenvalue weighted by Gasteiger charge is 2.42. The zero-order chi connectivity index (χ0) is 32.1. The number of hydrogen-bond donors (Lipinski definition) is 1. The highest BCUT2D eigenvalue weighted by Crippen LogP contribution is 2.36. The van der Waals surface area contributed by atoms with E-state index < -0.39 is 28.1 Å². The molecule has 0 radical (unpaired) electrons. The van der Waals surface area contributed by atoms with Crippen molar-refractivity contribution in [2.75, 3.05) is 58.0 Å². The maximum absolute atomic E-state index is 13.7. The summed E-state index contributed by atoms with van der Waals surface area (Å²) in [5.41, 5.74) is 4.94. The molecule has 0 aromatic heterocycles. The first kappa shape index (κ1) is 32.9. The fraction of sp³-hybridized carbons (Fsp3) is 0.500. The van der Waals surface area contributed by atoms with Crippen molar-refractivity contribution in [2.24, 2.45) is 5.92 Å². The second-order valence-electron chi connectivity index (χ2n) is 12.8. The van der Waals surface area contributed by atoms with E-state index in [-0.39, 0.29) is 24.6 Å². The van der Waals surface area contributed by atoms with E-state index in [2.05, 4.69) is 11.0 Å². The van der Waals surface area contributed by atoms with Gasteiger partial charge in [0, 0.05) is 45.9 Å². The van der Waals surface area contributed by atoms with Gasteiger partial charge in [0.25, 0.3) is 0 Å². The Balaban J connectivity index is 1.21. The zero-order valence-corrected chi connectivity index (χ0v) is 27.7. The number of piperidine rings is 1. The van der Waals surface area contributed by atoms with Gasteiger partial charge in [-0.05, 0) is 73.1 Å². The number of β-amino-alcohol motifs (C(OH)–C–C–N with tert-alkyl or cyclic N) is 1. The topological polar surface area (TPSA) is 97.8 Å². The van der Waals surface area contributed by atoms with E-state index in [0.717, 1.165) is 59.8 Å². The monoisotopic (exact) mass is 650 g/mol. The number of ether oxygens (including phenoxy) is 4. The molecular formula is C36H46N2O7S. The molecule has 1 saturated heterocycles. The summed E-state index contributed by atoms with van der Waals surface area (Å²) in [5.74, 6) is 1.14. The van der Waals surface area contributed by atoms with Gasteiger partial charge in [-0.1, -0.05) is 48.0 Å². The normalized spacial score (nSPS) is 22.0. The zero-order valence-electron chi connectivity index (χ0n) is 26.8. The van der Waals surface area contributed by atoms with Gasteiger partial charge in [0.2, 0.25) is 10.0 Å². The number of anilines is 1. The summed E-state index contributed by atoms with van der Waals surface area (Å²) in [4.78, 5) is 2.52. The number of rotatable bonds is 14.